The second-order valence-corrected chi connectivity index (χ2v) is 6.60. The quantitative estimate of drug-likeness (QED) is 0.884. The standard InChI is InChI=1S/C16H23BrN2O2/c1-19(16(20)14-5-3-4-11(14)9-18)10-12-8-13(17)6-7-15(12)21-2/h6-8,11,14H,3-5,9-10,18H2,1-2H3. The summed E-state index contributed by atoms with van der Waals surface area (Å²) in [4.78, 5) is 14.4. The number of benzene rings is 1. The largest absolute Gasteiger partial charge is 0.496 e. The maximum Gasteiger partial charge on any atom is 0.226 e. The predicted octanol–water partition coefficient (Wildman–Crippen LogP) is 2.79. The highest BCUT2D eigenvalue weighted by Crippen LogP contribution is 2.33. The van der Waals surface area contributed by atoms with Gasteiger partial charge in [-0.15, -0.1) is 0 Å². The van der Waals surface area contributed by atoms with E-state index in [0.717, 1.165) is 35.0 Å². The van der Waals surface area contributed by atoms with Crippen molar-refractivity contribution in [3.63, 3.8) is 0 Å². The lowest BCUT2D eigenvalue weighted by atomic mass is 9.94. The van der Waals surface area contributed by atoms with Gasteiger partial charge < -0.3 is 15.4 Å². The minimum Gasteiger partial charge on any atom is -0.496 e. The van der Waals surface area contributed by atoms with Crippen molar-refractivity contribution in [2.45, 2.75) is 25.8 Å². The SMILES string of the molecule is COc1ccc(Br)cc1CN(C)C(=O)C1CCCC1CN. The van der Waals surface area contributed by atoms with Gasteiger partial charge in [0.05, 0.1) is 7.11 Å². The number of halogens is 1. The van der Waals surface area contributed by atoms with Crippen LogP contribution >= 0.6 is 15.9 Å². The van der Waals surface area contributed by atoms with E-state index in [1.54, 1.807) is 12.0 Å². The summed E-state index contributed by atoms with van der Waals surface area (Å²) in [7, 11) is 3.50. The van der Waals surface area contributed by atoms with Crippen LogP contribution in [-0.4, -0.2) is 31.5 Å². The molecule has 0 radical (unpaired) electrons. The van der Waals surface area contributed by atoms with Crippen LogP contribution in [0.15, 0.2) is 22.7 Å². The average Bonchev–Trinajstić information content (AvgIpc) is 2.95. The van der Waals surface area contributed by atoms with Crippen LogP contribution in [0.3, 0.4) is 0 Å². The molecular formula is C16H23BrN2O2. The molecule has 21 heavy (non-hydrogen) atoms. The normalized spacial score (nSPS) is 21.3. The zero-order chi connectivity index (χ0) is 15.4. The van der Waals surface area contributed by atoms with Gasteiger partial charge in [0.2, 0.25) is 5.91 Å². The van der Waals surface area contributed by atoms with Crippen molar-refractivity contribution in [1.82, 2.24) is 4.90 Å². The number of carbonyl (C=O) groups excluding carboxylic acids is 1. The molecule has 4 nitrogen and oxygen atoms in total. The number of hydrogen-bond acceptors (Lipinski definition) is 3. The van der Waals surface area contributed by atoms with Crippen molar-refractivity contribution in [2.24, 2.45) is 17.6 Å². The van der Waals surface area contributed by atoms with Crippen molar-refractivity contribution < 1.29 is 9.53 Å². The second kappa shape index (κ2) is 7.27. The molecule has 5 heteroatoms. The first-order valence-corrected chi connectivity index (χ1v) is 8.13. The van der Waals surface area contributed by atoms with Crippen LogP contribution in [0.4, 0.5) is 0 Å². The number of amides is 1. The van der Waals surface area contributed by atoms with Crippen molar-refractivity contribution in [3.05, 3.63) is 28.2 Å². The lowest BCUT2D eigenvalue weighted by molar-refractivity contribution is -0.135. The Labute approximate surface area is 134 Å². The minimum atomic E-state index is 0.0816. The molecule has 1 aliphatic carbocycles. The van der Waals surface area contributed by atoms with E-state index in [1.165, 1.54) is 0 Å². The highest BCUT2D eigenvalue weighted by atomic mass is 79.9. The molecule has 1 saturated carbocycles. The zero-order valence-electron chi connectivity index (χ0n) is 12.6. The van der Waals surface area contributed by atoms with Crippen LogP contribution in [0, 0.1) is 11.8 Å². The van der Waals surface area contributed by atoms with Gasteiger partial charge in [-0.1, -0.05) is 22.4 Å². The number of nitrogens with zero attached hydrogens (tertiary/aromatic N) is 1. The molecule has 0 aromatic heterocycles. The highest BCUT2D eigenvalue weighted by Gasteiger charge is 2.33. The van der Waals surface area contributed by atoms with Crippen molar-refractivity contribution in [2.75, 3.05) is 20.7 Å². The Morgan fingerprint density at radius 3 is 2.90 bits per heavy atom. The highest BCUT2D eigenvalue weighted by molar-refractivity contribution is 9.10. The topological polar surface area (TPSA) is 55.6 Å². The summed E-state index contributed by atoms with van der Waals surface area (Å²) in [6, 6.07) is 5.85. The number of methoxy groups -OCH3 is 1. The van der Waals surface area contributed by atoms with Gasteiger partial charge in [0.15, 0.2) is 0 Å². The minimum absolute atomic E-state index is 0.0816. The first kappa shape index (κ1) is 16.3. The van der Waals surface area contributed by atoms with Gasteiger partial charge in [-0.3, -0.25) is 4.79 Å². The number of carbonyl (C=O) groups is 1. The fourth-order valence-corrected chi connectivity index (χ4v) is 3.54. The molecule has 1 aliphatic rings. The summed E-state index contributed by atoms with van der Waals surface area (Å²) in [5, 5.41) is 0. The van der Waals surface area contributed by atoms with Crippen molar-refractivity contribution in [3.8, 4) is 5.75 Å². The van der Waals surface area contributed by atoms with E-state index < -0.39 is 0 Å². The summed E-state index contributed by atoms with van der Waals surface area (Å²) in [6.45, 7) is 1.15. The van der Waals surface area contributed by atoms with Crippen LogP contribution < -0.4 is 10.5 Å². The van der Waals surface area contributed by atoms with E-state index >= 15 is 0 Å². The van der Waals surface area contributed by atoms with E-state index in [4.69, 9.17) is 10.5 Å². The Kier molecular flexibility index (Phi) is 5.65. The van der Waals surface area contributed by atoms with Crippen LogP contribution in [0.5, 0.6) is 5.75 Å². The molecule has 2 unspecified atom stereocenters. The molecule has 1 fully saturated rings. The molecule has 1 aromatic rings. The van der Waals surface area contributed by atoms with E-state index in [0.29, 0.717) is 19.0 Å². The molecule has 1 aromatic carbocycles. The smallest absolute Gasteiger partial charge is 0.226 e. The lowest BCUT2D eigenvalue weighted by Crippen LogP contribution is -2.36. The van der Waals surface area contributed by atoms with E-state index in [2.05, 4.69) is 15.9 Å². The number of ether oxygens (including phenoxy) is 1. The first-order valence-electron chi connectivity index (χ1n) is 7.34. The zero-order valence-corrected chi connectivity index (χ0v) is 14.2. The maximum absolute atomic E-state index is 12.6. The maximum atomic E-state index is 12.6. The van der Waals surface area contributed by atoms with Gasteiger partial charge in [-0.25, -0.2) is 0 Å². The fourth-order valence-electron chi connectivity index (χ4n) is 3.13. The molecular weight excluding hydrogens is 332 g/mol. The fraction of sp³-hybridized carbons (Fsp3) is 0.562. The summed E-state index contributed by atoms with van der Waals surface area (Å²) in [6.07, 6.45) is 3.13. The monoisotopic (exact) mass is 354 g/mol. The number of hydrogen-bond donors (Lipinski definition) is 1. The Bertz CT molecular complexity index is 507. The molecule has 1 amide bonds. The predicted molar refractivity (Wildman–Crippen MR) is 87.1 cm³/mol. The van der Waals surface area contributed by atoms with E-state index in [9.17, 15) is 4.79 Å². The Morgan fingerprint density at radius 2 is 2.24 bits per heavy atom. The van der Waals surface area contributed by atoms with Gasteiger partial charge in [-0.2, -0.15) is 0 Å². The van der Waals surface area contributed by atoms with Crippen LogP contribution in [0.1, 0.15) is 24.8 Å². The summed E-state index contributed by atoms with van der Waals surface area (Å²) < 4.78 is 6.36. The Balaban J connectivity index is 2.09. The average molecular weight is 355 g/mol. The Morgan fingerprint density at radius 1 is 1.48 bits per heavy atom. The Hall–Kier alpha value is -1.07. The van der Waals surface area contributed by atoms with E-state index in [-0.39, 0.29) is 11.8 Å². The molecule has 2 N–H and O–H groups in total. The van der Waals surface area contributed by atoms with Crippen molar-refractivity contribution in [1.29, 1.82) is 0 Å². The summed E-state index contributed by atoms with van der Waals surface area (Å²) in [5.41, 5.74) is 6.79. The third-order valence-corrected chi connectivity index (χ3v) is 4.80. The first-order chi connectivity index (χ1) is 10.1. The number of rotatable bonds is 5. The summed E-state index contributed by atoms with van der Waals surface area (Å²) in [5.74, 6) is 1.42. The second-order valence-electron chi connectivity index (χ2n) is 5.68. The number of nitrogens with two attached hydrogens (primary N) is 1. The van der Waals surface area contributed by atoms with Crippen molar-refractivity contribution >= 4 is 21.8 Å². The molecule has 0 heterocycles. The van der Waals surface area contributed by atoms with Gasteiger partial charge in [0, 0.05) is 29.5 Å². The van der Waals surface area contributed by atoms with Crippen LogP contribution in [-0.2, 0) is 11.3 Å². The van der Waals surface area contributed by atoms with Crippen LogP contribution in [0.25, 0.3) is 0 Å². The summed E-state index contributed by atoms with van der Waals surface area (Å²) >= 11 is 3.46. The lowest BCUT2D eigenvalue weighted by Gasteiger charge is -2.25. The molecule has 2 rings (SSSR count). The molecule has 0 bridgehead atoms. The molecule has 0 spiro atoms. The molecule has 0 aliphatic heterocycles. The van der Waals surface area contributed by atoms with Gasteiger partial charge in [0.1, 0.15) is 5.75 Å². The van der Waals surface area contributed by atoms with Gasteiger partial charge in [0.25, 0.3) is 0 Å². The molecule has 2 atom stereocenters. The third kappa shape index (κ3) is 3.77. The van der Waals surface area contributed by atoms with Gasteiger partial charge >= 0.3 is 0 Å². The van der Waals surface area contributed by atoms with Gasteiger partial charge in [-0.05, 0) is 43.5 Å². The van der Waals surface area contributed by atoms with E-state index in [1.807, 2.05) is 25.2 Å². The van der Waals surface area contributed by atoms with Crippen LogP contribution in [0.2, 0.25) is 0 Å². The molecule has 116 valence electrons. The third-order valence-electron chi connectivity index (χ3n) is 4.31. The molecule has 0 saturated heterocycles.